The molecule has 0 radical (unpaired) electrons. The molecule has 1 unspecified atom stereocenters. The first-order chi connectivity index (χ1) is 11.1. The fourth-order valence-corrected chi connectivity index (χ4v) is 3.44. The van der Waals surface area contributed by atoms with Crippen LogP contribution in [0.25, 0.3) is 10.9 Å². The highest BCUT2D eigenvalue weighted by atomic mass is 32.1. The highest BCUT2D eigenvalue weighted by Crippen LogP contribution is 2.32. The molecule has 0 aliphatic heterocycles. The summed E-state index contributed by atoms with van der Waals surface area (Å²) in [7, 11) is 0. The number of aromatic nitrogens is 1. The van der Waals surface area contributed by atoms with Gasteiger partial charge < -0.3 is 9.67 Å². The molecule has 0 aliphatic rings. The zero-order valence-corrected chi connectivity index (χ0v) is 13.8. The molecule has 0 amide bonds. The average molecular weight is 325 g/mol. The lowest BCUT2D eigenvalue weighted by Gasteiger charge is -2.18. The summed E-state index contributed by atoms with van der Waals surface area (Å²) in [6.07, 6.45) is 0.639. The van der Waals surface area contributed by atoms with E-state index in [-0.39, 0.29) is 6.04 Å². The van der Waals surface area contributed by atoms with Gasteiger partial charge in [-0.15, -0.1) is 0 Å². The van der Waals surface area contributed by atoms with Gasteiger partial charge in [0.25, 0.3) is 0 Å². The van der Waals surface area contributed by atoms with Crippen LogP contribution in [0.3, 0.4) is 0 Å². The first kappa shape index (κ1) is 15.7. The molecule has 3 aromatic rings. The number of hydrogen-bond donors (Lipinski definition) is 2. The van der Waals surface area contributed by atoms with Crippen LogP contribution in [0.4, 0.5) is 0 Å². The molecule has 3 nitrogen and oxygen atoms in total. The molecule has 0 fully saturated rings. The Morgan fingerprint density at radius 3 is 2.43 bits per heavy atom. The average Bonchev–Trinajstić information content (AvgIpc) is 2.90. The Labute approximate surface area is 141 Å². The summed E-state index contributed by atoms with van der Waals surface area (Å²) in [5, 5.41) is 10.8. The van der Waals surface area contributed by atoms with Gasteiger partial charge in [-0.3, -0.25) is 0 Å². The number of para-hydroxylation sites is 1. The smallest absolute Gasteiger partial charge is 0.352 e. The number of rotatable bonds is 5. The minimum atomic E-state index is -0.888. The Morgan fingerprint density at radius 2 is 1.78 bits per heavy atom. The van der Waals surface area contributed by atoms with Crippen molar-refractivity contribution < 1.29 is 9.90 Å². The molecule has 0 saturated heterocycles. The molecule has 1 heterocycles. The van der Waals surface area contributed by atoms with Crippen molar-refractivity contribution in [2.24, 2.45) is 0 Å². The first-order valence-corrected chi connectivity index (χ1v) is 8.29. The monoisotopic (exact) mass is 325 g/mol. The number of carboxylic acid groups (broad SMARTS) is 1. The van der Waals surface area contributed by atoms with E-state index in [0.717, 1.165) is 22.0 Å². The van der Waals surface area contributed by atoms with Crippen molar-refractivity contribution in [3.8, 4) is 0 Å². The number of hydrogen-bond acceptors (Lipinski definition) is 2. The van der Waals surface area contributed by atoms with Gasteiger partial charge in [0, 0.05) is 10.9 Å². The van der Waals surface area contributed by atoms with Crippen LogP contribution in [0.15, 0.2) is 54.6 Å². The minimum Gasteiger partial charge on any atom is -0.477 e. The van der Waals surface area contributed by atoms with Gasteiger partial charge in [0.1, 0.15) is 5.69 Å². The van der Waals surface area contributed by atoms with Gasteiger partial charge in [0.2, 0.25) is 0 Å². The van der Waals surface area contributed by atoms with Crippen molar-refractivity contribution in [3.05, 3.63) is 71.4 Å². The molecule has 118 valence electrons. The molecule has 0 saturated carbocycles. The third-order valence-electron chi connectivity index (χ3n) is 4.25. The number of nitrogens with zero attached hydrogens (tertiary/aromatic N) is 1. The van der Waals surface area contributed by atoms with Crippen molar-refractivity contribution in [2.45, 2.75) is 19.4 Å². The van der Waals surface area contributed by atoms with Gasteiger partial charge in [0.15, 0.2) is 0 Å². The second-order valence-electron chi connectivity index (χ2n) is 5.58. The number of benzene rings is 2. The summed E-state index contributed by atoms with van der Waals surface area (Å²) < 4.78 is 1.94. The molecule has 4 heteroatoms. The predicted octanol–water partition coefficient (Wildman–Crippen LogP) is 4.42. The number of carbonyl (C=O) groups is 1. The molecule has 0 spiro atoms. The largest absolute Gasteiger partial charge is 0.477 e. The maximum Gasteiger partial charge on any atom is 0.352 e. The number of fused-ring (bicyclic) bond motifs is 1. The third kappa shape index (κ3) is 2.75. The fraction of sp³-hybridized carbons (Fsp3) is 0.211. The quantitative estimate of drug-likeness (QED) is 0.682. The summed E-state index contributed by atoms with van der Waals surface area (Å²) in [6, 6.07) is 17.8. The van der Waals surface area contributed by atoms with E-state index in [9.17, 15) is 9.90 Å². The van der Waals surface area contributed by atoms with Gasteiger partial charge >= 0.3 is 5.97 Å². The second kappa shape index (κ2) is 6.50. The van der Waals surface area contributed by atoms with Crippen LogP contribution in [-0.2, 0) is 6.42 Å². The minimum absolute atomic E-state index is 0.0548. The summed E-state index contributed by atoms with van der Waals surface area (Å²) in [4.78, 5) is 12.0. The maximum atomic E-state index is 12.0. The van der Waals surface area contributed by atoms with Crippen molar-refractivity contribution in [3.63, 3.8) is 0 Å². The summed E-state index contributed by atoms with van der Waals surface area (Å²) in [5.74, 6) is -0.269. The number of aryl methyl sites for hydroxylation is 1. The van der Waals surface area contributed by atoms with Crippen LogP contribution in [0.5, 0.6) is 0 Å². The number of carboxylic acids is 1. The molecule has 23 heavy (non-hydrogen) atoms. The molecule has 1 aromatic heterocycles. The third-order valence-corrected chi connectivity index (χ3v) is 4.47. The van der Waals surface area contributed by atoms with Gasteiger partial charge in [-0.05, 0) is 36.3 Å². The van der Waals surface area contributed by atoms with E-state index >= 15 is 0 Å². The molecule has 0 bridgehead atoms. The van der Waals surface area contributed by atoms with E-state index < -0.39 is 5.97 Å². The molecule has 1 atom stereocenters. The van der Waals surface area contributed by atoms with E-state index in [1.165, 1.54) is 0 Å². The zero-order valence-electron chi connectivity index (χ0n) is 12.9. The topological polar surface area (TPSA) is 42.2 Å². The van der Waals surface area contributed by atoms with Crippen LogP contribution in [0.2, 0.25) is 0 Å². The Balaban J connectivity index is 2.30. The number of aromatic carboxylic acids is 1. The highest BCUT2D eigenvalue weighted by Gasteiger charge is 2.24. The molecular formula is C19H19NO2S. The standard InChI is InChI=1S/C19H19NO2S/c1-13(14-7-3-2-4-8-14)20-17-10-6-5-9-15(17)16(11-12-23)18(20)19(21)22/h2-10,13,23H,11-12H2,1H3,(H,21,22). The normalized spacial score (nSPS) is 12.4. The highest BCUT2D eigenvalue weighted by molar-refractivity contribution is 7.80. The van der Waals surface area contributed by atoms with Crippen LogP contribution in [0.1, 0.15) is 34.6 Å². The number of thiol groups is 1. The molecular weight excluding hydrogens is 306 g/mol. The summed E-state index contributed by atoms with van der Waals surface area (Å²) in [5.41, 5.74) is 3.29. The molecule has 0 aliphatic carbocycles. The Morgan fingerprint density at radius 1 is 1.13 bits per heavy atom. The van der Waals surface area contributed by atoms with Crippen LogP contribution >= 0.6 is 12.6 Å². The van der Waals surface area contributed by atoms with Crippen molar-refractivity contribution in [2.75, 3.05) is 5.75 Å². The maximum absolute atomic E-state index is 12.0. The van der Waals surface area contributed by atoms with Crippen molar-refractivity contribution in [1.82, 2.24) is 4.57 Å². The van der Waals surface area contributed by atoms with Crippen LogP contribution in [-0.4, -0.2) is 21.4 Å². The van der Waals surface area contributed by atoms with Crippen LogP contribution in [0, 0.1) is 0 Å². The Hall–Kier alpha value is -2.20. The predicted molar refractivity (Wildman–Crippen MR) is 96.7 cm³/mol. The molecule has 1 N–H and O–H groups in total. The van der Waals surface area contributed by atoms with E-state index in [0.29, 0.717) is 17.9 Å². The van der Waals surface area contributed by atoms with E-state index in [2.05, 4.69) is 12.6 Å². The zero-order chi connectivity index (χ0) is 16.4. The summed E-state index contributed by atoms with van der Waals surface area (Å²) >= 11 is 4.30. The van der Waals surface area contributed by atoms with Gasteiger partial charge in [-0.1, -0.05) is 48.5 Å². The summed E-state index contributed by atoms with van der Waals surface area (Å²) in [6.45, 7) is 2.04. The van der Waals surface area contributed by atoms with Gasteiger partial charge in [-0.25, -0.2) is 4.79 Å². The second-order valence-corrected chi connectivity index (χ2v) is 6.03. The first-order valence-electron chi connectivity index (χ1n) is 7.66. The Kier molecular flexibility index (Phi) is 4.44. The SMILES string of the molecule is CC(c1ccccc1)n1c(C(=O)O)c(CCS)c2ccccc21. The lowest BCUT2D eigenvalue weighted by molar-refractivity contribution is 0.0683. The van der Waals surface area contributed by atoms with Gasteiger partial charge in [-0.2, -0.15) is 12.6 Å². The van der Waals surface area contributed by atoms with Crippen molar-refractivity contribution >= 4 is 29.5 Å². The van der Waals surface area contributed by atoms with E-state index in [4.69, 9.17) is 0 Å². The molecule has 2 aromatic carbocycles. The van der Waals surface area contributed by atoms with Gasteiger partial charge in [0.05, 0.1) is 6.04 Å². The fourth-order valence-electron chi connectivity index (χ4n) is 3.21. The van der Waals surface area contributed by atoms with Crippen LogP contribution < -0.4 is 0 Å². The van der Waals surface area contributed by atoms with E-state index in [1.807, 2.05) is 66.1 Å². The Bertz CT molecular complexity index is 839. The molecule has 3 rings (SSSR count). The van der Waals surface area contributed by atoms with E-state index in [1.54, 1.807) is 0 Å². The lowest BCUT2D eigenvalue weighted by Crippen LogP contribution is -2.15. The van der Waals surface area contributed by atoms with Crippen molar-refractivity contribution in [1.29, 1.82) is 0 Å². The lowest BCUT2D eigenvalue weighted by atomic mass is 10.1.